The van der Waals surface area contributed by atoms with Gasteiger partial charge in [0.25, 0.3) is 5.91 Å². The topological polar surface area (TPSA) is 78.4 Å². The van der Waals surface area contributed by atoms with E-state index >= 15 is 0 Å². The molecule has 1 amide bonds. The predicted molar refractivity (Wildman–Crippen MR) is 60.1 cm³/mol. The third kappa shape index (κ3) is 1.98. The highest BCUT2D eigenvalue weighted by atomic mass is 19.4. The average Bonchev–Trinajstić information content (AvgIpc) is 2.28. The lowest BCUT2D eigenvalue weighted by Crippen LogP contribution is -2.60. The Morgan fingerprint density at radius 2 is 1.95 bits per heavy atom. The Bertz CT molecular complexity index is 571. The number of carbonyl (C=O) groups excluding carboxylic acids is 1. The Morgan fingerprint density at radius 3 is 2.47 bits per heavy atom. The predicted octanol–water partition coefficient (Wildman–Crippen LogP) is 2.07. The summed E-state index contributed by atoms with van der Waals surface area (Å²) in [4.78, 5) is 22.3. The Labute approximate surface area is 105 Å². The fourth-order valence-electron chi connectivity index (χ4n) is 1.66. The number of carboxylic acid groups (broad SMARTS) is 1. The van der Waals surface area contributed by atoms with Crippen LogP contribution in [0, 0.1) is 0 Å². The van der Waals surface area contributed by atoms with E-state index in [9.17, 15) is 22.8 Å². The number of carbonyl (C=O) groups is 2. The van der Waals surface area contributed by atoms with E-state index < -0.39 is 23.6 Å². The molecule has 0 aromatic heterocycles. The van der Waals surface area contributed by atoms with E-state index in [0.29, 0.717) is 0 Å². The van der Waals surface area contributed by atoms with Gasteiger partial charge in [0.15, 0.2) is 0 Å². The molecule has 0 radical (unpaired) electrons. The molecule has 5 nitrogen and oxygen atoms in total. The Hall–Kier alpha value is -2.25. The zero-order valence-electron chi connectivity index (χ0n) is 9.63. The minimum absolute atomic E-state index is 0.00613. The summed E-state index contributed by atoms with van der Waals surface area (Å²) in [6.45, 7) is 0.719. The highest BCUT2D eigenvalue weighted by Gasteiger charge is 2.58. The van der Waals surface area contributed by atoms with Crippen LogP contribution in [0.5, 0.6) is 0 Å². The lowest BCUT2D eigenvalue weighted by atomic mass is 9.96. The molecule has 2 rings (SSSR count). The number of anilines is 2. The van der Waals surface area contributed by atoms with Gasteiger partial charge in [0.2, 0.25) is 5.54 Å². The molecule has 1 unspecified atom stereocenters. The smallest absolute Gasteiger partial charge is 0.420 e. The number of alkyl halides is 3. The Kier molecular flexibility index (Phi) is 2.69. The zero-order valence-corrected chi connectivity index (χ0v) is 9.63. The normalized spacial score (nSPS) is 22.2. The van der Waals surface area contributed by atoms with Crippen LogP contribution in [0.2, 0.25) is 0 Å². The molecular weight excluding hydrogens is 265 g/mol. The number of fused-ring (bicyclic) bond motifs is 1. The highest BCUT2D eigenvalue weighted by Crippen LogP contribution is 2.40. The van der Waals surface area contributed by atoms with Crippen molar-refractivity contribution in [1.29, 1.82) is 0 Å². The van der Waals surface area contributed by atoms with Crippen molar-refractivity contribution in [3.63, 3.8) is 0 Å². The fourth-order valence-corrected chi connectivity index (χ4v) is 1.66. The number of rotatable bonds is 1. The van der Waals surface area contributed by atoms with Crippen molar-refractivity contribution < 1.29 is 27.9 Å². The first-order valence-electron chi connectivity index (χ1n) is 5.19. The monoisotopic (exact) mass is 274 g/mol. The molecule has 1 aromatic carbocycles. The molecule has 0 spiro atoms. The van der Waals surface area contributed by atoms with Crippen LogP contribution in [0.15, 0.2) is 18.2 Å². The van der Waals surface area contributed by atoms with Crippen LogP contribution in [-0.4, -0.2) is 28.7 Å². The third-order valence-electron chi connectivity index (χ3n) is 2.92. The summed E-state index contributed by atoms with van der Waals surface area (Å²) in [5, 5.41) is 12.9. The fraction of sp³-hybridized carbons (Fsp3) is 0.273. The van der Waals surface area contributed by atoms with Crippen molar-refractivity contribution in [3.05, 3.63) is 23.8 Å². The van der Waals surface area contributed by atoms with Crippen molar-refractivity contribution in [2.45, 2.75) is 18.6 Å². The van der Waals surface area contributed by atoms with Gasteiger partial charge in [-0.2, -0.15) is 13.2 Å². The van der Waals surface area contributed by atoms with Gasteiger partial charge < -0.3 is 15.7 Å². The maximum Gasteiger partial charge on any atom is 0.420 e. The molecule has 0 fully saturated rings. The minimum Gasteiger partial charge on any atom is -0.478 e. The SMILES string of the molecule is CC1(C(F)(F)F)Nc2ccc(C(=O)O)cc2NC1=O. The Morgan fingerprint density at radius 1 is 1.32 bits per heavy atom. The number of aromatic carboxylic acids is 1. The number of nitrogens with one attached hydrogen (secondary N) is 2. The number of benzene rings is 1. The van der Waals surface area contributed by atoms with Crippen LogP contribution in [0.25, 0.3) is 0 Å². The quantitative estimate of drug-likeness (QED) is 0.732. The second kappa shape index (κ2) is 3.87. The summed E-state index contributed by atoms with van der Waals surface area (Å²) in [5.41, 5.74) is -2.85. The van der Waals surface area contributed by atoms with Crippen LogP contribution in [0.4, 0.5) is 24.5 Å². The summed E-state index contributed by atoms with van der Waals surface area (Å²) in [6, 6.07) is 3.43. The lowest BCUT2D eigenvalue weighted by Gasteiger charge is -2.37. The molecule has 1 aliphatic rings. The van der Waals surface area contributed by atoms with Crippen molar-refractivity contribution in [1.82, 2.24) is 0 Å². The molecule has 1 aromatic rings. The number of carboxylic acids is 1. The summed E-state index contributed by atoms with van der Waals surface area (Å²) in [7, 11) is 0. The molecular formula is C11H9F3N2O3. The molecule has 0 saturated heterocycles. The van der Waals surface area contributed by atoms with Gasteiger partial charge in [-0.1, -0.05) is 0 Å². The second-order valence-electron chi connectivity index (χ2n) is 4.27. The van der Waals surface area contributed by atoms with E-state index in [1.165, 1.54) is 6.07 Å². The van der Waals surface area contributed by atoms with Gasteiger partial charge in [0.1, 0.15) is 0 Å². The Balaban J connectivity index is 2.46. The van der Waals surface area contributed by atoms with Gasteiger partial charge in [-0.15, -0.1) is 0 Å². The van der Waals surface area contributed by atoms with E-state index in [1.54, 1.807) is 0 Å². The van der Waals surface area contributed by atoms with E-state index in [1.807, 2.05) is 0 Å². The molecule has 1 heterocycles. The van der Waals surface area contributed by atoms with Crippen LogP contribution in [-0.2, 0) is 4.79 Å². The standard InChI is InChI=1S/C11H9F3N2O3/c1-10(11(12,13)14)9(19)15-7-4-5(8(17)18)2-3-6(7)16-10/h2-4,16H,1H3,(H,15,19)(H,17,18). The van der Waals surface area contributed by atoms with E-state index in [0.717, 1.165) is 19.1 Å². The highest BCUT2D eigenvalue weighted by molar-refractivity contribution is 6.07. The second-order valence-corrected chi connectivity index (χ2v) is 4.27. The van der Waals surface area contributed by atoms with Crippen molar-refractivity contribution in [2.24, 2.45) is 0 Å². The first kappa shape index (κ1) is 13.2. The summed E-state index contributed by atoms with van der Waals surface area (Å²) in [6.07, 6.45) is -4.78. The number of halogens is 3. The van der Waals surface area contributed by atoms with Gasteiger partial charge in [-0.05, 0) is 25.1 Å². The number of amides is 1. The molecule has 1 aliphatic heterocycles. The molecule has 0 bridgehead atoms. The summed E-state index contributed by atoms with van der Waals surface area (Å²) in [5.74, 6) is -2.52. The lowest BCUT2D eigenvalue weighted by molar-refractivity contribution is -0.179. The maximum atomic E-state index is 12.9. The molecule has 3 N–H and O–H groups in total. The van der Waals surface area contributed by atoms with E-state index in [2.05, 4.69) is 10.6 Å². The van der Waals surface area contributed by atoms with Crippen LogP contribution >= 0.6 is 0 Å². The average molecular weight is 274 g/mol. The molecule has 0 saturated carbocycles. The van der Waals surface area contributed by atoms with Crippen LogP contribution in [0.1, 0.15) is 17.3 Å². The largest absolute Gasteiger partial charge is 0.478 e. The van der Waals surface area contributed by atoms with Gasteiger partial charge in [0, 0.05) is 0 Å². The van der Waals surface area contributed by atoms with E-state index in [-0.39, 0.29) is 16.9 Å². The zero-order chi connectivity index (χ0) is 14.4. The third-order valence-corrected chi connectivity index (χ3v) is 2.92. The molecule has 0 aliphatic carbocycles. The number of hydrogen-bond donors (Lipinski definition) is 3. The van der Waals surface area contributed by atoms with Gasteiger partial charge >= 0.3 is 12.1 Å². The maximum absolute atomic E-state index is 12.9. The molecule has 19 heavy (non-hydrogen) atoms. The van der Waals surface area contributed by atoms with Crippen LogP contribution in [0.3, 0.4) is 0 Å². The molecule has 8 heteroatoms. The van der Waals surface area contributed by atoms with Crippen molar-refractivity contribution in [3.8, 4) is 0 Å². The van der Waals surface area contributed by atoms with Gasteiger partial charge in [-0.25, -0.2) is 4.79 Å². The van der Waals surface area contributed by atoms with Gasteiger partial charge in [-0.3, -0.25) is 4.79 Å². The summed E-state index contributed by atoms with van der Waals surface area (Å²) >= 11 is 0. The minimum atomic E-state index is -4.78. The molecule has 1 atom stereocenters. The number of hydrogen-bond acceptors (Lipinski definition) is 3. The first-order chi connectivity index (χ1) is 8.65. The van der Waals surface area contributed by atoms with Crippen molar-refractivity contribution >= 4 is 23.3 Å². The van der Waals surface area contributed by atoms with E-state index in [4.69, 9.17) is 5.11 Å². The first-order valence-corrected chi connectivity index (χ1v) is 5.19. The van der Waals surface area contributed by atoms with Crippen molar-refractivity contribution in [2.75, 3.05) is 10.6 Å². The van der Waals surface area contributed by atoms with Crippen LogP contribution < -0.4 is 10.6 Å². The summed E-state index contributed by atoms with van der Waals surface area (Å²) < 4.78 is 38.6. The van der Waals surface area contributed by atoms with Gasteiger partial charge in [0.05, 0.1) is 16.9 Å². The molecule has 102 valence electrons.